The molecule has 0 saturated heterocycles. The molecule has 1 atom stereocenters. The van der Waals surface area contributed by atoms with Gasteiger partial charge in [0.1, 0.15) is 31.8 Å². The predicted molar refractivity (Wildman–Crippen MR) is 282 cm³/mol. The zero-order valence-electron chi connectivity index (χ0n) is 39.6. The van der Waals surface area contributed by atoms with Crippen molar-refractivity contribution in [3.05, 3.63) is 12.7 Å². The number of unbranched alkanes of at least 4 members (excludes halogenated alkanes) is 18. The smallest absolute Gasteiger partial charge is 0.330 e. The monoisotopic (exact) mass is 1000 g/mol. The molecule has 0 spiro atoms. The first-order valence-corrected chi connectivity index (χ1v) is 27.1. The van der Waals surface area contributed by atoms with Crippen LogP contribution in [0.5, 0.6) is 0 Å². The Labute approximate surface area is 412 Å². The third-order valence-electron chi connectivity index (χ3n) is 9.17. The second-order valence-corrected chi connectivity index (χ2v) is 22.7. The van der Waals surface area contributed by atoms with Crippen LogP contribution in [0.25, 0.3) is 0 Å². The molecule has 0 aliphatic carbocycles. The first kappa shape index (κ1) is 68.7. The molecule has 0 radical (unpaired) electrons. The van der Waals surface area contributed by atoms with Crippen LogP contribution < -0.4 is 0 Å². The molecule has 0 bridgehead atoms. The van der Waals surface area contributed by atoms with Gasteiger partial charge in [0.15, 0.2) is 4.93 Å². The van der Waals surface area contributed by atoms with Gasteiger partial charge < -0.3 is 28.4 Å². The molecular formula is C47H88O10S6. The molecule has 0 fully saturated rings. The molecule has 0 aliphatic heterocycles. The zero-order valence-corrected chi connectivity index (χ0v) is 44.5. The van der Waals surface area contributed by atoms with Gasteiger partial charge in [-0.15, -0.1) is 35.3 Å². The lowest BCUT2D eigenvalue weighted by Gasteiger charge is -2.30. The van der Waals surface area contributed by atoms with Crippen molar-refractivity contribution in [2.45, 2.75) is 188 Å². The Kier molecular flexibility index (Phi) is 55.1. The van der Waals surface area contributed by atoms with Crippen molar-refractivity contribution < 1.29 is 47.6 Å². The molecule has 0 aromatic heterocycles. The Morgan fingerprint density at radius 2 is 0.984 bits per heavy atom. The largest absolute Gasteiger partial charge is 0.463 e. The standard InChI is InChI=1S/C23H42O5S3.C17H32O2S3.C6H10O3.CH4/c1-5-6-7-8-9-10-11-12-13-14-17-30-22(29)31-18-20(23(2,3)28-19-24)21(25)27-16-15-26-4;1-4-5-6-7-8-9-10-11-12-13-14-21-16(20)22-17(2,3)19-15-18;1-3-6(7)9-5-4-8-2;/h19-20H,5-18H2,1-4H3;15H,4-14H2,1-3H3;3H,1,4-5H2,2H3;1H4. The number of hydrogen-bond acceptors (Lipinski definition) is 16. The molecule has 0 aliphatic rings. The highest BCUT2D eigenvalue weighted by Crippen LogP contribution is 2.32. The number of thiocarbonyl (C=S) groups is 2. The van der Waals surface area contributed by atoms with Gasteiger partial charge in [0.25, 0.3) is 12.9 Å². The number of rotatable bonds is 38. The van der Waals surface area contributed by atoms with E-state index in [2.05, 4.69) is 29.9 Å². The summed E-state index contributed by atoms with van der Waals surface area (Å²) in [5.74, 6) is 1.07. The molecule has 0 amide bonds. The van der Waals surface area contributed by atoms with Gasteiger partial charge in [-0.1, -0.05) is 180 Å². The fourth-order valence-corrected chi connectivity index (χ4v) is 11.0. The summed E-state index contributed by atoms with van der Waals surface area (Å²) in [4.78, 5) is 43.4. The molecule has 63 heavy (non-hydrogen) atoms. The van der Waals surface area contributed by atoms with Crippen LogP contribution in [-0.2, 0) is 47.6 Å². The minimum Gasteiger partial charge on any atom is -0.463 e. The first-order chi connectivity index (χ1) is 29.7. The fraction of sp³-hybridized carbons (Fsp3) is 0.830. The molecule has 0 saturated carbocycles. The number of esters is 2. The average molecular weight is 1010 g/mol. The van der Waals surface area contributed by atoms with E-state index in [1.165, 1.54) is 146 Å². The summed E-state index contributed by atoms with van der Waals surface area (Å²) in [5, 5.41) is 0. The summed E-state index contributed by atoms with van der Waals surface area (Å²) in [7, 11) is 3.09. The molecular weight excluding hydrogens is 917 g/mol. The van der Waals surface area contributed by atoms with Crippen LogP contribution in [0.4, 0.5) is 0 Å². The van der Waals surface area contributed by atoms with Crippen LogP contribution in [0.15, 0.2) is 12.7 Å². The van der Waals surface area contributed by atoms with Crippen LogP contribution in [0, 0.1) is 5.92 Å². The highest BCUT2D eigenvalue weighted by atomic mass is 32.2. The Bertz CT molecular complexity index is 1130. The Hall–Kier alpha value is -0.880. The zero-order chi connectivity index (χ0) is 47.2. The third-order valence-corrected chi connectivity index (χ3v) is 14.7. The van der Waals surface area contributed by atoms with Crippen molar-refractivity contribution in [2.75, 3.05) is 57.9 Å². The van der Waals surface area contributed by atoms with Gasteiger partial charge in [0, 0.05) is 26.0 Å². The Morgan fingerprint density at radius 3 is 1.38 bits per heavy atom. The van der Waals surface area contributed by atoms with Crippen molar-refractivity contribution in [1.29, 1.82) is 0 Å². The van der Waals surface area contributed by atoms with E-state index in [1.807, 2.05) is 13.8 Å². The summed E-state index contributed by atoms with van der Waals surface area (Å²) in [5.41, 5.74) is -0.963. The predicted octanol–water partition coefficient (Wildman–Crippen LogP) is 14.0. The van der Waals surface area contributed by atoms with E-state index in [-0.39, 0.29) is 14.0 Å². The summed E-state index contributed by atoms with van der Waals surface area (Å²) < 4.78 is 31.2. The summed E-state index contributed by atoms with van der Waals surface area (Å²) >= 11 is 17.1. The van der Waals surface area contributed by atoms with E-state index in [4.69, 9.17) is 43.4 Å². The number of hydrogen-bond donors (Lipinski definition) is 0. The van der Waals surface area contributed by atoms with Crippen molar-refractivity contribution in [3.8, 4) is 0 Å². The maximum absolute atomic E-state index is 12.5. The van der Waals surface area contributed by atoms with Crippen molar-refractivity contribution in [3.63, 3.8) is 0 Å². The maximum atomic E-state index is 12.5. The molecule has 0 N–H and O–H groups in total. The van der Waals surface area contributed by atoms with Crippen molar-refractivity contribution in [1.82, 2.24) is 0 Å². The van der Waals surface area contributed by atoms with Crippen molar-refractivity contribution >= 4 is 103 Å². The molecule has 372 valence electrons. The molecule has 0 aromatic carbocycles. The Balaban J connectivity index is -0.000000471. The van der Waals surface area contributed by atoms with Gasteiger partial charge >= 0.3 is 11.9 Å². The molecule has 0 aromatic rings. The number of methoxy groups -OCH3 is 2. The lowest BCUT2D eigenvalue weighted by atomic mass is 9.92. The van der Waals surface area contributed by atoms with Crippen LogP contribution in [0.3, 0.4) is 0 Å². The van der Waals surface area contributed by atoms with E-state index < -0.39 is 28.4 Å². The molecule has 10 nitrogen and oxygen atoms in total. The summed E-state index contributed by atoms with van der Waals surface area (Å²) in [6.07, 6.45) is 27.9. The van der Waals surface area contributed by atoms with Gasteiger partial charge in [-0.25, -0.2) is 4.79 Å². The molecule has 1 unspecified atom stereocenters. The van der Waals surface area contributed by atoms with Crippen molar-refractivity contribution in [2.24, 2.45) is 5.92 Å². The summed E-state index contributed by atoms with van der Waals surface area (Å²) in [6, 6.07) is 0. The SMILES string of the molecule is C.C=CC(=O)OCCOC.CCCCCCCCCCCCSC(=S)SC(C)(C)OC=O.CCCCCCCCCCCCSC(=S)SCC(C(=O)OCCOC)C(C)(C)OC=O. The average Bonchev–Trinajstić information content (AvgIpc) is 3.22. The van der Waals surface area contributed by atoms with E-state index in [1.54, 1.807) is 51.6 Å². The third kappa shape index (κ3) is 50.4. The molecule has 0 heterocycles. The van der Waals surface area contributed by atoms with Gasteiger partial charge in [-0.2, -0.15) is 0 Å². The summed E-state index contributed by atoms with van der Waals surface area (Å²) in [6.45, 7) is 17.0. The van der Waals surface area contributed by atoms with Gasteiger partial charge in [0.2, 0.25) is 0 Å². The lowest BCUT2D eigenvalue weighted by Crippen LogP contribution is -2.42. The normalized spacial score (nSPS) is 11.3. The van der Waals surface area contributed by atoms with E-state index in [0.29, 0.717) is 38.5 Å². The van der Waals surface area contributed by atoms with Gasteiger partial charge in [-0.05, 0) is 52.0 Å². The minimum atomic E-state index is -0.963. The minimum absolute atomic E-state index is 0. The number of thioether (sulfide) groups is 4. The second kappa shape index (κ2) is 50.5. The van der Waals surface area contributed by atoms with E-state index >= 15 is 0 Å². The number of carbonyl (C=O) groups excluding carboxylic acids is 4. The van der Waals surface area contributed by atoms with E-state index in [0.717, 1.165) is 31.1 Å². The Morgan fingerprint density at radius 1 is 0.587 bits per heavy atom. The van der Waals surface area contributed by atoms with Crippen LogP contribution in [0.2, 0.25) is 0 Å². The quantitative estimate of drug-likeness (QED) is 0.0111. The van der Waals surface area contributed by atoms with Gasteiger partial charge in [-0.3, -0.25) is 14.4 Å². The number of carbonyl (C=O) groups is 4. The first-order valence-electron chi connectivity index (χ1n) is 22.5. The van der Waals surface area contributed by atoms with E-state index in [9.17, 15) is 19.2 Å². The van der Waals surface area contributed by atoms with Crippen LogP contribution in [0.1, 0.15) is 177 Å². The lowest BCUT2D eigenvalue weighted by molar-refractivity contribution is -0.163. The highest BCUT2D eigenvalue weighted by molar-refractivity contribution is 8.47. The molecule has 16 heteroatoms. The van der Waals surface area contributed by atoms with Crippen LogP contribution >= 0.6 is 71.5 Å². The van der Waals surface area contributed by atoms with Crippen LogP contribution in [-0.4, -0.2) is 100 Å². The second-order valence-electron chi connectivity index (χ2n) is 15.5. The highest BCUT2D eigenvalue weighted by Gasteiger charge is 2.38. The van der Waals surface area contributed by atoms with Gasteiger partial charge in [0.05, 0.1) is 13.2 Å². The number of ether oxygens (including phenoxy) is 6. The maximum Gasteiger partial charge on any atom is 0.330 e. The fourth-order valence-electron chi connectivity index (χ4n) is 5.42. The topological polar surface area (TPSA) is 124 Å². The molecule has 0 rings (SSSR count).